The summed E-state index contributed by atoms with van der Waals surface area (Å²) in [7, 11) is 0. The highest BCUT2D eigenvalue weighted by atomic mass is 15.6. The molecule has 2 aliphatic heterocycles. The van der Waals surface area contributed by atoms with Crippen molar-refractivity contribution in [3.05, 3.63) is 60.2 Å². The number of hydrogen-bond donors (Lipinski definition) is 1. The second-order valence-corrected chi connectivity index (χ2v) is 5.71. The van der Waals surface area contributed by atoms with Crippen LogP contribution in [0.2, 0.25) is 0 Å². The molecule has 0 bridgehead atoms. The maximum atomic E-state index is 4.51. The van der Waals surface area contributed by atoms with E-state index in [1.54, 1.807) is 0 Å². The second kappa shape index (κ2) is 5.91. The molecule has 0 saturated carbocycles. The van der Waals surface area contributed by atoms with E-state index < -0.39 is 0 Å². The molecule has 1 saturated heterocycles. The third-order valence-corrected chi connectivity index (χ3v) is 4.34. The predicted octanol–water partition coefficient (Wildman–Crippen LogP) is 2.77. The van der Waals surface area contributed by atoms with Gasteiger partial charge in [0.1, 0.15) is 0 Å². The van der Waals surface area contributed by atoms with Gasteiger partial charge in [-0.25, -0.2) is 5.01 Å². The van der Waals surface area contributed by atoms with Crippen LogP contribution in [-0.2, 0) is 0 Å². The fraction of sp³-hybridized carbons (Fsp3) is 0.278. The summed E-state index contributed by atoms with van der Waals surface area (Å²) in [5, 5.41) is 8.43. The number of para-hydroxylation sites is 2. The fourth-order valence-electron chi connectivity index (χ4n) is 3.24. The Kier molecular flexibility index (Phi) is 3.62. The molecule has 0 radical (unpaired) electrons. The maximum Gasteiger partial charge on any atom is 0.0873 e. The summed E-state index contributed by atoms with van der Waals surface area (Å²) in [6, 6.07) is 19.4. The molecule has 1 N–H and O–H groups in total. The Labute approximate surface area is 131 Å². The van der Waals surface area contributed by atoms with Crippen LogP contribution in [0.5, 0.6) is 0 Å². The van der Waals surface area contributed by atoms with E-state index in [1.165, 1.54) is 11.3 Å². The van der Waals surface area contributed by atoms with Crippen LogP contribution in [0.1, 0.15) is 11.6 Å². The Morgan fingerprint density at radius 3 is 2.73 bits per heavy atom. The Balaban J connectivity index is 1.57. The van der Waals surface area contributed by atoms with Gasteiger partial charge in [-0.2, -0.15) is 0 Å². The number of anilines is 1. The Morgan fingerprint density at radius 2 is 1.82 bits per heavy atom. The number of piperazine rings is 1. The van der Waals surface area contributed by atoms with Crippen molar-refractivity contribution >= 4 is 17.6 Å². The van der Waals surface area contributed by atoms with Gasteiger partial charge in [-0.3, -0.25) is 10.0 Å². The molecule has 1 unspecified atom stereocenters. The van der Waals surface area contributed by atoms with Gasteiger partial charge in [-0.15, -0.1) is 0 Å². The monoisotopic (exact) mass is 292 g/mol. The summed E-state index contributed by atoms with van der Waals surface area (Å²) in [5.41, 5.74) is 3.62. The van der Waals surface area contributed by atoms with Crippen molar-refractivity contribution in [3.8, 4) is 0 Å². The molecule has 2 heterocycles. The molecule has 4 nitrogen and oxygen atoms in total. The van der Waals surface area contributed by atoms with E-state index in [0.717, 1.165) is 31.9 Å². The quantitative estimate of drug-likeness (QED) is 0.923. The third-order valence-electron chi connectivity index (χ3n) is 4.34. The van der Waals surface area contributed by atoms with Crippen LogP contribution in [0.3, 0.4) is 0 Å². The van der Waals surface area contributed by atoms with Crippen molar-refractivity contribution < 1.29 is 0 Å². The first kappa shape index (κ1) is 13.5. The molecule has 2 aliphatic rings. The second-order valence-electron chi connectivity index (χ2n) is 5.71. The average Bonchev–Trinajstić information content (AvgIpc) is 2.62. The molecule has 1 atom stereocenters. The minimum atomic E-state index is 0.376. The van der Waals surface area contributed by atoms with Crippen LogP contribution < -0.4 is 10.3 Å². The lowest BCUT2D eigenvalue weighted by molar-refractivity contribution is 0.189. The van der Waals surface area contributed by atoms with E-state index in [-0.39, 0.29) is 0 Å². The van der Waals surface area contributed by atoms with Gasteiger partial charge in [0.25, 0.3) is 0 Å². The van der Waals surface area contributed by atoms with Crippen LogP contribution in [0.4, 0.5) is 11.4 Å². The number of fused-ring (bicyclic) bond motifs is 1. The van der Waals surface area contributed by atoms with Gasteiger partial charge in [-0.1, -0.05) is 42.5 Å². The lowest BCUT2D eigenvalue weighted by atomic mass is 10.1. The minimum absolute atomic E-state index is 0.376. The highest BCUT2D eigenvalue weighted by Crippen LogP contribution is 2.32. The molecule has 4 heteroatoms. The van der Waals surface area contributed by atoms with Gasteiger partial charge in [0.05, 0.1) is 17.9 Å². The van der Waals surface area contributed by atoms with E-state index in [0.29, 0.717) is 6.04 Å². The van der Waals surface area contributed by atoms with Crippen LogP contribution in [0.25, 0.3) is 0 Å². The van der Waals surface area contributed by atoms with Crippen molar-refractivity contribution in [2.45, 2.75) is 6.04 Å². The largest absolute Gasteiger partial charge is 0.307 e. The standard InChI is InChI=1S/C18H20N4/c1-2-6-15(7-3-1)17-14-21(12-10-20-17)22-13-11-19-16-8-4-5-9-18(16)22/h1-9,11,17,20H,10,12-14H2. The van der Waals surface area contributed by atoms with Crippen molar-refractivity contribution in [2.24, 2.45) is 4.99 Å². The van der Waals surface area contributed by atoms with Crippen LogP contribution in [-0.4, -0.2) is 37.4 Å². The predicted molar refractivity (Wildman–Crippen MR) is 90.7 cm³/mol. The molecular formula is C18H20N4. The van der Waals surface area contributed by atoms with E-state index in [9.17, 15) is 0 Å². The first-order chi connectivity index (χ1) is 10.9. The van der Waals surface area contributed by atoms with Gasteiger partial charge < -0.3 is 5.32 Å². The number of aliphatic imine (C=N–C) groups is 1. The topological polar surface area (TPSA) is 30.9 Å². The highest BCUT2D eigenvalue weighted by molar-refractivity contribution is 5.81. The smallest absolute Gasteiger partial charge is 0.0873 e. The Morgan fingerprint density at radius 1 is 1.00 bits per heavy atom. The molecule has 0 aliphatic carbocycles. The number of rotatable bonds is 2. The van der Waals surface area contributed by atoms with E-state index in [2.05, 4.69) is 68.9 Å². The normalized spacial score (nSPS) is 21.6. The molecule has 4 rings (SSSR count). The Bertz CT molecular complexity index is 668. The average molecular weight is 292 g/mol. The van der Waals surface area contributed by atoms with Crippen LogP contribution >= 0.6 is 0 Å². The summed E-state index contributed by atoms with van der Waals surface area (Å²) < 4.78 is 0. The van der Waals surface area contributed by atoms with Crippen LogP contribution in [0, 0.1) is 0 Å². The maximum absolute atomic E-state index is 4.51. The summed E-state index contributed by atoms with van der Waals surface area (Å²) in [4.78, 5) is 4.51. The van der Waals surface area contributed by atoms with E-state index in [4.69, 9.17) is 0 Å². The lowest BCUT2D eigenvalue weighted by Gasteiger charge is -2.43. The zero-order valence-electron chi connectivity index (χ0n) is 12.5. The first-order valence-electron chi connectivity index (χ1n) is 7.84. The number of nitrogens with zero attached hydrogens (tertiary/aromatic N) is 3. The zero-order chi connectivity index (χ0) is 14.8. The van der Waals surface area contributed by atoms with Crippen molar-refractivity contribution in [3.63, 3.8) is 0 Å². The number of benzene rings is 2. The molecule has 112 valence electrons. The third kappa shape index (κ3) is 2.51. The molecule has 0 spiro atoms. The molecule has 22 heavy (non-hydrogen) atoms. The molecule has 1 fully saturated rings. The Hall–Kier alpha value is -2.17. The highest BCUT2D eigenvalue weighted by Gasteiger charge is 2.27. The van der Waals surface area contributed by atoms with Crippen LogP contribution in [0.15, 0.2) is 59.6 Å². The summed E-state index contributed by atoms with van der Waals surface area (Å²) in [6.07, 6.45) is 2.00. The van der Waals surface area contributed by atoms with Gasteiger partial charge in [-0.05, 0) is 17.7 Å². The minimum Gasteiger partial charge on any atom is -0.307 e. The molecule has 2 aromatic carbocycles. The van der Waals surface area contributed by atoms with E-state index >= 15 is 0 Å². The van der Waals surface area contributed by atoms with E-state index in [1.807, 2.05) is 12.3 Å². The lowest BCUT2D eigenvalue weighted by Crippen LogP contribution is -2.54. The van der Waals surface area contributed by atoms with Gasteiger partial charge >= 0.3 is 0 Å². The fourth-order valence-corrected chi connectivity index (χ4v) is 3.24. The van der Waals surface area contributed by atoms with Gasteiger partial charge in [0.15, 0.2) is 0 Å². The van der Waals surface area contributed by atoms with Crippen molar-refractivity contribution in [1.82, 2.24) is 10.3 Å². The van der Waals surface area contributed by atoms with Gasteiger partial charge in [0.2, 0.25) is 0 Å². The molecular weight excluding hydrogens is 272 g/mol. The molecule has 2 aromatic rings. The summed E-state index contributed by atoms with van der Waals surface area (Å²) in [6.45, 7) is 3.84. The molecule has 0 aromatic heterocycles. The SMILES string of the molecule is C1=Nc2ccccc2N(N2CCNC(c3ccccc3)C2)C1. The number of nitrogens with one attached hydrogen (secondary N) is 1. The molecule has 0 amide bonds. The van der Waals surface area contributed by atoms with Crippen molar-refractivity contribution in [2.75, 3.05) is 31.2 Å². The summed E-state index contributed by atoms with van der Waals surface area (Å²) >= 11 is 0. The number of hydrogen-bond acceptors (Lipinski definition) is 4. The number of hydrazine groups is 1. The summed E-state index contributed by atoms with van der Waals surface area (Å²) in [5.74, 6) is 0. The zero-order valence-corrected chi connectivity index (χ0v) is 12.5. The van der Waals surface area contributed by atoms with Crippen molar-refractivity contribution in [1.29, 1.82) is 0 Å². The first-order valence-corrected chi connectivity index (χ1v) is 7.84. The van der Waals surface area contributed by atoms with Gasteiger partial charge in [0, 0.05) is 31.9 Å².